The third-order valence-corrected chi connectivity index (χ3v) is 11.3. The van der Waals surface area contributed by atoms with E-state index in [0.717, 1.165) is 51.6 Å². The number of unbranched alkanes of at least 4 members (excludes halogenated alkanes) is 2. The zero-order chi connectivity index (χ0) is 40.1. The zero-order valence-corrected chi connectivity index (χ0v) is 32.4. The smallest absolute Gasteiger partial charge is 0.255 e. The van der Waals surface area contributed by atoms with E-state index >= 15 is 0 Å². The van der Waals surface area contributed by atoms with Crippen LogP contribution < -0.4 is 16.4 Å². The predicted molar refractivity (Wildman–Crippen MR) is 218 cm³/mol. The molecule has 4 amide bonds. The fourth-order valence-electron chi connectivity index (χ4n) is 7.98. The summed E-state index contributed by atoms with van der Waals surface area (Å²) < 4.78 is 36.0. The summed E-state index contributed by atoms with van der Waals surface area (Å²) >= 11 is 5.20. The van der Waals surface area contributed by atoms with Crippen LogP contribution in [0.1, 0.15) is 104 Å². The highest BCUT2D eigenvalue weighted by atomic mass is 32.1. The molecule has 3 aromatic carbocycles. The lowest BCUT2D eigenvalue weighted by atomic mass is 9.92. The molecule has 1 aromatic heterocycles. The number of nitrogens with one attached hydrogen (secondary N) is 2. The SMILES string of the molecule is NC(=S)c1cccc(-c2cn(C3CCC(F)(F)CC3)c3cc(NC(=O)CCCCCOCCC#Cc4cccc5c4CN(C4CCC(=O)NC4=O)C5=O)ccc23)c1. The van der Waals surface area contributed by atoms with E-state index in [9.17, 15) is 28.0 Å². The van der Waals surface area contributed by atoms with Crippen LogP contribution in [0, 0.1) is 11.8 Å². The number of alkyl halides is 2. The predicted octanol–water partition coefficient (Wildman–Crippen LogP) is 7.41. The van der Waals surface area contributed by atoms with E-state index in [2.05, 4.69) is 27.0 Å². The average molecular weight is 794 g/mol. The molecule has 7 rings (SSSR count). The Hall–Kier alpha value is -5.45. The van der Waals surface area contributed by atoms with Gasteiger partial charge in [0.1, 0.15) is 11.0 Å². The second-order valence-electron chi connectivity index (χ2n) is 15.0. The molecule has 1 aliphatic carbocycles. The number of ether oxygens (including phenoxy) is 1. The first-order valence-corrected chi connectivity index (χ1v) is 19.9. The van der Waals surface area contributed by atoms with Gasteiger partial charge in [0, 0.05) is 90.8 Å². The Labute approximate surface area is 335 Å². The lowest BCUT2D eigenvalue weighted by Crippen LogP contribution is -2.52. The van der Waals surface area contributed by atoms with Gasteiger partial charge >= 0.3 is 0 Å². The standard InChI is InChI=1S/C44H45F2N5O5S/c45-44(46)20-18-32(19-21-44)50-26-36(29-10-6-11-30(24-29)41(47)57)33-15-14-31(25-38(33)50)48-39(52)13-2-1-4-22-56-23-5-3-8-28-9-7-12-34-35(28)27-51(43(34)55)37-16-17-40(53)49-42(37)54/h6-7,9-12,14-15,24-26,32,37H,1-2,4-5,13,16-23,27H2,(H2,47,57)(H,48,52)(H,49,53,54). The van der Waals surface area contributed by atoms with Crippen molar-refractivity contribution in [3.05, 3.63) is 89.1 Å². The van der Waals surface area contributed by atoms with E-state index in [-0.39, 0.29) is 49.6 Å². The molecule has 1 saturated heterocycles. The maximum Gasteiger partial charge on any atom is 0.255 e. The van der Waals surface area contributed by atoms with Crippen molar-refractivity contribution in [3.8, 4) is 23.0 Å². The summed E-state index contributed by atoms with van der Waals surface area (Å²) in [5, 5.41) is 6.30. The zero-order valence-electron chi connectivity index (χ0n) is 31.6. The van der Waals surface area contributed by atoms with Crippen molar-refractivity contribution >= 4 is 57.4 Å². The van der Waals surface area contributed by atoms with Crippen LogP contribution in [-0.4, -0.2) is 63.3 Å². The number of carbonyl (C=O) groups is 4. The maximum absolute atomic E-state index is 14.1. The Morgan fingerprint density at radius 1 is 0.982 bits per heavy atom. The number of imide groups is 1. The van der Waals surface area contributed by atoms with Crippen LogP contribution in [0.2, 0.25) is 0 Å². The Morgan fingerprint density at radius 3 is 2.58 bits per heavy atom. The summed E-state index contributed by atoms with van der Waals surface area (Å²) in [6.07, 6.45) is 6.12. The lowest BCUT2D eigenvalue weighted by molar-refractivity contribution is -0.137. The number of benzene rings is 3. The summed E-state index contributed by atoms with van der Waals surface area (Å²) in [5.74, 6) is 2.55. The number of carbonyl (C=O) groups excluding carboxylic acids is 4. The number of fused-ring (bicyclic) bond motifs is 2. The van der Waals surface area contributed by atoms with Crippen molar-refractivity contribution < 1.29 is 32.7 Å². The molecule has 4 N–H and O–H groups in total. The second kappa shape index (κ2) is 17.4. The third-order valence-electron chi connectivity index (χ3n) is 11.0. The van der Waals surface area contributed by atoms with Crippen LogP contribution in [0.3, 0.4) is 0 Å². The minimum Gasteiger partial charge on any atom is -0.389 e. The molecule has 2 aliphatic heterocycles. The first-order valence-electron chi connectivity index (χ1n) is 19.5. The number of amides is 4. The van der Waals surface area contributed by atoms with Crippen LogP contribution in [0.4, 0.5) is 14.5 Å². The van der Waals surface area contributed by atoms with Crippen LogP contribution in [0.25, 0.3) is 22.0 Å². The second-order valence-corrected chi connectivity index (χ2v) is 15.4. The van der Waals surface area contributed by atoms with Gasteiger partial charge in [0.05, 0.1) is 12.1 Å². The molecule has 0 radical (unpaired) electrons. The molecular weight excluding hydrogens is 749 g/mol. The number of piperidine rings is 1. The van der Waals surface area contributed by atoms with E-state index in [4.69, 9.17) is 22.7 Å². The van der Waals surface area contributed by atoms with E-state index < -0.39 is 17.9 Å². The number of halogens is 2. The first-order chi connectivity index (χ1) is 27.5. The number of nitrogens with two attached hydrogens (primary N) is 1. The van der Waals surface area contributed by atoms with Crippen LogP contribution in [0.5, 0.6) is 0 Å². The first kappa shape index (κ1) is 39.8. The van der Waals surface area contributed by atoms with E-state index in [1.165, 1.54) is 4.90 Å². The monoisotopic (exact) mass is 793 g/mol. The Morgan fingerprint density at radius 2 is 1.79 bits per heavy atom. The molecular formula is C44H45F2N5O5S. The molecule has 13 heteroatoms. The van der Waals surface area contributed by atoms with Gasteiger partial charge in [0.2, 0.25) is 23.6 Å². The molecule has 296 valence electrons. The minimum absolute atomic E-state index is 0.0868. The van der Waals surface area contributed by atoms with Crippen molar-refractivity contribution in [3.63, 3.8) is 0 Å². The van der Waals surface area contributed by atoms with Crippen LogP contribution in [0.15, 0.2) is 66.9 Å². The van der Waals surface area contributed by atoms with Gasteiger partial charge in [0.15, 0.2) is 0 Å². The molecule has 10 nitrogen and oxygen atoms in total. The van der Waals surface area contributed by atoms with Crippen molar-refractivity contribution in [1.82, 2.24) is 14.8 Å². The summed E-state index contributed by atoms with van der Waals surface area (Å²) in [4.78, 5) is 51.8. The van der Waals surface area contributed by atoms with Crippen LogP contribution in [-0.2, 0) is 25.7 Å². The number of aromatic nitrogens is 1. The molecule has 3 heterocycles. The van der Waals surface area contributed by atoms with Crippen molar-refractivity contribution in [1.29, 1.82) is 0 Å². The third kappa shape index (κ3) is 9.24. The number of hydrogen-bond acceptors (Lipinski definition) is 6. The molecule has 0 bridgehead atoms. The number of anilines is 1. The van der Waals surface area contributed by atoms with Gasteiger partial charge in [-0.2, -0.15) is 0 Å². The fourth-order valence-corrected chi connectivity index (χ4v) is 8.11. The molecule has 0 spiro atoms. The molecule has 1 atom stereocenters. The summed E-state index contributed by atoms with van der Waals surface area (Å²) in [5.41, 5.74) is 12.1. The van der Waals surface area contributed by atoms with E-state index in [1.54, 1.807) is 12.1 Å². The minimum atomic E-state index is -2.64. The number of rotatable bonds is 13. The topological polar surface area (TPSA) is 136 Å². The van der Waals surface area contributed by atoms with Crippen molar-refractivity contribution in [2.45, 2.75) is 95.2 Å². The lowest BCUT2D eigenvalue weighted by Gasteiger charge is -2.29. The van der Waals surface area contributed by atoms with Gasteiger partial charge < -0.3 is 25.3 Å². The van der Waals surface area contributed by atoms with Gasteiger partial charge in [-0.3, -0.25) is 24.5 Å². The normalized spacial score (nSPS) is 17.9. The van der Waals surface area contributed by atoms with Gasteiger partial charge in [0.25, 0.3) is 5.91 Å². The molecule has 57 heavy (non-hydrogen) atoms. The quantitative estimate of drug-likeness (QED) is 0.0556. The molecule has 4 aromatic rings. The van der Waals surface area contributed by atoms with Gasteiger partial charge in [-0.25, -0.2) is 8.78 Å². The Bertz CT molecular complexity index is 2280. The average Bonchev–Trinajstić information content (AvgIpc) is 3.73. The van der Waals surface area contributed by atoms with E-state index in [0.29, 0.717) is 68.0 Å². The summed E-state index contributed by atoms with van der Waals surface area (Å²) in [7, 11) is 0. The molecule has 2 fully saturated rings. The molecule has 1 saturated carbocycles. The Balaban J connectivity index is 0.868. The highest BCUT2D eigenvalue weighted by molar-refractivity contribution is 7.80. The summed E-state index contributed by atoms with van der Waals surface area (Å²) in [6, 6.07) is 18.1. The largest absolute Gasteiger partial charge is 0.389 e. The van der Waals surface area contributed by atoms with Crippen LogP contribution >= 0.6 is 12.2 Å². The molecule has 3 aliphatic rings. The highest BCUT2D eigenvalue weighted by Crippen LogP contribution is 2.42. The number of nitrogens with zero attached hydrogens (tertiary/aromatic N) is 2. The Kier molecular flexibility index (Phi) is 12.1. The highest BCUT2D eigenvalue weighted by Gasteiger charge is 2.40. The van der Waals surface area contributed by atoms with Crippen molar-refractivity contribution in [2.75, 3.05) is 18.5 Å². The molecule has 1 unspecified atom stereocenters. The van der Waals surface area contributed by atoms with Gasteiger partial charge in [-0.1, -0.05) is 60.8 Å². The number of hydrogen-bond donors (Lipinski definition) is 3. The van der Waals surface area contributed by atoms with Gasteiger partial charge in [-0.05, 0) is 73.6 Å². The van der Waals surface area contributed by atoms with E-state index in [1.807, 2.05) is 54.7 Å². The fraction of sp³-hybridized carbons (Fsp3) is 0.386. The van der Waals surface area contributed by atoms with Gasteiger partial charge in [-0.15, -0.1) is 0 Å². The maximum atomic E-state index is 14.1. The summed E-state index contributed by atoms with van der Waals surface area (Å²) in [6.45, 7) is 1.27. The van der Waals surface area contributed by atoms with Crippen molar-refractivity contribution in [2.24, 2.45) is 5.73 Å². The number of thiocarbonyl (C=S) groups is 1.